The number of amides is 1. The van der Waals surface area contributed by atoms with Crippen LogP contribution in [0.25, 0.3) is 0 Å². The Kier molecular flexibility index (Phi) is 3.54. The molecule has 1 fully saturated rings. The number of benzene rings is 1. The first-order chi connectivity index (χ1) is 7.75. The van der Waals surface area contributed by atoms with Crippen LogP contribution in [-0.2, 0) is 9.47 Å². The number of ether oxygens (including phenoxy) is 2. The molecule has 0 aliphatic carbocycles. The van der Waals surface area contributed by atoms with E-state index in [0.29, 0.717) is 25.3 Å². The predicted octanol–water partition coefficient (Wildman–Crippen LogP) is 1.10. The number of hydrogen-bond acceptors (Lipinski definition) is 3. The number of aryl methyl sites for hydroxylation is 1. The van der Waals surface area contributed by atoms with E-state index in [1.165, 1.54) is 0 Å². The van der Waals surface area contributed by atoms with E-state index >= 15 is 0 Å². The molecule has 0 spiro atoms. The maximum absolute atomic E-state index is 11.7. The van der Waals surface area contributed by atoms with Crippen molar-refractivity contribution in [2.45, 2.75) is 13.2 Å². The summed E-state index contributed by atoms with van der Waals surface area (Å²) < 4.78 is 10.4. The first kappa shape index (κ1) is 11.1. The van der Waals surface area contributed by atoms with Crippen LogP contribution < -0.4 is 5.32 Å². The molecule has 1 aliphatic rings. The van der Waals surface area contributed by atoms with Crippen molar-refractivity contribution < 1.29 is 14.3 Å². The van der Waals surface area contributed by atoms with Gasteiger partial charge in [-0.3, -0.25) is 4.79 Å². The fourth-order valence-electron chi connectivity index (χ4n) is 1.51. The van der Waals surface area contributed by atoms with Crippen LogP contribution in [-0.4, -0.2) is 32.0 Å². The summed E-state index contributed by atoms with van der Waals surface area (Å²) in [5, 5.41) is 2.77. The molecule has 0 bridgehead atoms. The molecule has 4 nitrogen and oxygen atoms in total. The molecule has 0 saturated carbocycles. The summed E-state index contributed by atoms with van der Waals surface area (Å²) in [6.07, 6.45) is -0.297. The Labute approximate surface area is 94.6 Å². The molecule has 1 aromatic rings. The molecule has 0 aromatic heterocycles. The molecule has 86 valence electrons. The first-order valence-corrected chi connectivity index (χ1v) is 5.34. The SMILES string of the molecule is Cc1ccc(C(=O)NCC2OCCO2)cc1. The number of carbonyl (C=O) groups is 1. The highest BCUT2D eigenvalue weighted by molar-refractivity contribution is 5.94. The van der Waals surface area contributed by atoms with Gasteiger partial charge in [0.05, 0.1) is 19.8 Å². The Morgan fingerprint density at radius 3 is 2.56 bits per heavy atom. The van der Waals surface area contributed by atoms with Gasteiger partial charge in [0.15, 0.2) is 6.29 Å². The minimum Gasteiger partial charge on any atom is -0.348 e. The topological polar surface area (TPSA) is 47.6 Å². The smallest absolute Gasteiger partial charge is 0.251 e. The molecule has 0 radical (unpaired) electrons. The van der Waals surface area contributed by atoms with Crippen LogP contribution >= 0.6 is 0 Å². The Morgan fingerprint density at radius 2 is 1.94 bits per heavy atom. The minimum atomic E-state index is -0.297. The molecule has 0 unspecified atom stereocenters. The third-order valence-electron chi connectivity index (χ3n) is 2.43. The van der Waals surface area contributed by atoms with E-state index in [2.05, 4.69) is 5.32 Å². The van der Waals surface area contributed by atoms with E-state index in [1.54, 1.807) is 12.1 Å². The van der Waals surface area contributed by atoms with E-state index in [4.69, 9.17) is 9.47 Å². The summed E-state index contributed by atoms with van der Waals surface area (Å²) in [5.74, 6) is -0.0981. The van der Waals surface area contributed by atoms with Gasteiger partial charge in [0, 0.05) is 5.56 Å². The summed E-state index contributed by atoms with van der Waals surface area (Å²) >= 11 is 0. The fourth-order valence-corrected chi connectivity index (χ4v) is 1.51. The molecule has 1 amide bonds. The predicted molar refractivity (Wildman–Crippen MR) is 59.2 cm³/mol. The molecule has 2 rings (SSSR count). The third kappa shape index (κ3) is 2.81. The maximum Gasteiger partial charge on any atom is 0.251 e. The standard InChI is InChI=1S/C12H15NO3/c1-9-2-4-10(5-3-9)12(14)13-8-11-15-6-7-16-11/h2-5,11H,6-8H2,1H3,(H,13,14). The van der Waals surface area contributed by atoms with Crippen LogP contribution in [0.3, 0.4) is 0 Å². The van der Waals surface area contributed by atoms with Gasteiger partial charge in [-0.05, 0) is 19.1 Å². The van der Waals surface area contributed by atoms with Gasteiger partial charge in [-0.1, -0.05) is 17.7 Å². The molecule has 1 aliphatic heterocycles. The summed E-state index contributed by atoms with van der Waals surface area (Å²) in [7, 11) is 0. The quantitative estimate of drug-likeness (QED) is 0.831. The van der Waals surface area contributed by atoms with Gasteiger partial charge in [0.1, 0.15) is 0 Å². The van der Waals surface area contributed by atoms with Gasteiger partial charge in [-0.25, -0.2) is 0 Å². The zero-order valence-electron chi connectivity index (χ0n) is 9.23. The van der Waals surface area contributed by atoms with Gasteiger partial charge < -0.3 is 14.8 Å². The normalized spacial score (nSPS) is 16.3. The molecule has 4 heteroatoms. The zero-order valence-corrected chi connectivity index (χ0v) is 9.23. The Hall–Kier alpha value is -1.39. The van der Waals surface area contributed by atoms with Crippen molar-refractivity contribution in [3.63, 3.8) is 0 Å². The summed E-state index contributed by atoms with van der Waals surface area (Å²) in [4.78, 5) is 11.7. The van der Waals surface area contributed by atoms with Crippen molar-refractivity contribution >= 4 is 5.91 Å². The average molecular weight is 221 g/mol. The fraction of sp³-hybridized carbons (Fsp3) is 0.417. The van der Waals surface area contributed by atoms with Crippen molar-refractivity contribution in [3.8, 4) is 0 Å². The molecule has 1 saturated heterocycles. The largest absolute Gasteiger partial charge is 0.348 e. The number of hydrogen-bond donors (Lipinski definition) is 1. The van der Waals surface area contributed by atoms with E-state index in [-0.39, 0.29) is 12.2 Å². The number of carbonyl (C=O) groups excluding carboxylic acids is 1. The van der Waals surface area contributed by atoms with E-state index in [0.717, 1.165) is 5.56 Å². The highest BCUT2D eigenvalue weighted by Crippen LogP contribution is 2.04. The average Bonchev–Trinajstić information content (AvgIpc) is 2.80. The molecular formula is C12H15NO3. The van der Waals surface area contributed by atoms with Crippen molar-refractivity contribution in [3.05, 3.63) is 35.4 Å². The number of nitrogens with one attached hydrogen (secondary N) is 1. The summed E-state index contributed by atoms with van der Waals surface area (Å²) in [5.41, 5.74) is 1.79. The lowest BCUT2D eigenvalue weighted by Gasteiger charge is -2.10. The molecule has 0 atom stereocenters. The van der Waals surface area contributed by atoms with Crippen LogP contribution in [0.2, 0.25) is 0 Å². The second kappa shape index (κ2) is 5.09. The second-order valence-electron chi connectivity index (χ2n) is 3.75. The molecular weight excluding hydrogens is 206 g/mol. The van der Waals surface area contributed by atoms with Crippen LogP contribution in [0, 0.1) is 6.92 Å². The van der Waals surface area contributed by atoms with Gasteiger partial charge in [-0.15, -0.1) is 0 Å². The lowest BCUT2D eigenvalue weighted by atomic mass is 10.1. The van der Waals surface area contributed by atoms with Crippen molar-refractivity contribution in [1.29, 1.82) is 0 Å². The summed E-state index contributed by atoms with van der Waals surface area (Å²) in [6, 6.07) is 7.44. The van der Waals surface area contributed by atoms with Crippen molar-refractivity contribution in [1.82, 2.24) is 5.32 Å². The molecule has 1 heterocycles. The zero-order chi connectivity index (χ0) is 11.4. The van der Waals surface area contributed by atoms with Crippen LogP contribution in [0.1, 0.15) is 15.9 Å². The van der Waals surface area contributed by atoms with Gasteiger partial charge in [0.2, 0.25) is 0 Å². The number of rotatable bonds is 3. The van der Waals surface area contributed by atoms with E-state index < -0.39 is 0 Å². The maximum atomic E-state index is 11.7. The highest BCUT2D eigenvalue weighted by Gasteiger charge is 2.16. The summed E-state index contributed by atoms with van der Waals surface area (Å²) in [6.45, 7) is 3.59. The van der Waals surface area contributed by atoms with Crippen LogP contribution in [0.15, 0.2) is 24.3 Å². The molecule has 1 N–H and O–H groups in total. The first-order valence-electron chi connectivity index (χ1n) is 5.34. The van der Waals surface area contributed by atoms with Crippen LogP contribution in [0.4, 0.5) is 0 Å². The monoisotopic (exact) mass is 221 g/mol. The Balaban J connectivity index is 1.85. The minimum absolute atomic E-state index is 0.0981. The van der Waals surface area contributed by atoms with Gasteiger partial charge in [-0.2, -0.15) is 0 Å². The molecule has 16 heavy (non-hydrogen) atoms. The van der Waals surface area contributed by atoms with E-state index in [9.17, 15) is 4.79 Å². The third-order valence-corrected chi connectivity index (χ3v) is 2.43. The lowest BCUT2D eigenvalue weighted by molar-refractivity contribution is -0.0379. The molecule has 1 aromatic carbocycles. The van der Waals surface area contributed by atoms with E-state index in [1.807, 2.05) is 19.1 Å². The Morgan fingerprint density at radius 1 is 1.31 bits per heavy atom. The second-order valence-corrected chi connectivity index (χ2v) is 3.75. The van der Waals surface area contributed by atoms with Crippen LogP contribution in [0.5, 0.6) is 0 Å². The van der Waals surface area contributed by atoms with Crippen molar-refractivity contribution in [2.75, 3.05) is 19.8 Å². The van der Waals surface area contributed by atoms with Crippen molar-refractivity contribution in [2.24, 2.45) is 0 Å². The lowest BCUT2D eigenvalue weighted by Crippen LogP contribution is -2.32. The Bertz CT molecular complexity index is 355. The van der Waals surface area contributed by atoms with Gasteiger partial charge in [0.25, 0.3) is 5.91 Å². The highest BCUT2D eigenvalue weighted by atomic mass is 16.7. The van der Waals surface area contributed by atoms with Gasteiger partial charge >= 0.3 is 0 Å².